The Morgan fingerprint density at radius 1 is 1.26 bits per heavy atom. The first-order chi connectivity index (χ1) is 9.22. The monoisotopic (exact) mass is 252 g/mol. The van der Waals surface area contributed by atoms with E-state index in [-0.39, 0.29) is 12.1 Å². The van der Waals surface area contributed by atoms with Crippen LogP contribution in [0.5, 0.6) is 0 Å². The summed E-state index contributed by atoms with van der Waals surface area (Å²) in [6, 6.07) is 14.4. The number of nitriles is 1. The molecule has 0 bridgehead atoms. The average Bonchev–Trinajstić information content (AvgIpc) is 2.77. The van der Waals surface area contributed by atoms with Crippen LogP contribution in [-0.2, 0) is 0 Å². The topological polar surface area (TPSA) is 47.3 Å². The zero-order chi connectivity index (χ0) is 13.4. The number of nitrogens with zero attached hydrogens (tertiary/aromatic N) is 2. The lowest BCUT2D eigenvalue weighted by Crippen LogP contribution is -2.32. The predicted molar refractivity (Wildman–Crippen MR) is 76.1 cm³/mol. The molecule has 2 atom stereocenters. The first-order valence-corrected chi connectivity index (χ1v) is 6.59. The fourth-order valence-electron chi connectivity index (χ4n) is 2.88. The van der Waals surface area contributed by atoms with Crippen LogP contribution >= 0.6 is 0 Å². The van der Waals surface area contributed by atoms with Crippen LogP contribution in [0.25, 0.3) is 10.8 Å². The van der Waals surface area contributed by atoms with Crippen molar-refractivity contribution in [3.05, 3.63) is 42.0 Å². The summed E-state index contributed by atoms with van der Waals surface area (Å²) in [6.07, 6.45) is 0.455. The summed E-state index contributed by atoms with van der Waals surface area (Å²) in [7, 11) is 0. The van der Waals surface area contributed by atoms with Crippen LogP contribution in [-0.4, -0.2) is 23.8 Å². The van der Waals surface area contributed by atoms with E-state index in [2.05, 4.69) is 11.0 Å². The smallest absolute Gasteiger partial charge is 0.102 e. The Balaban J connectivity index is 2.17. The maximum absolute atomic E-state index is 9.88. The molecule has 3 nitrogen and oxygen atoms in total. The van der Waals surface area contributed by atoms with E-state index in [1.54, 1.807) is 0 Å². The number of aliphatic hydroxyl groups is 1. The molecule has 96 valence electrons. The van der Waals surface area contributed by atoms with Gasteiger partial charge >= 0.3 is 0 Å². The minimum atomic E-state index is -0.307. The van der Waals surface area contributed by atoms with E-state index in [9.17, 15) is 10.4 Å². The number of hydrogen-bond acceptors (Lipinski definition) is 3. The summed E-state index contributed by atoms with van der Waals surface area (Å²) in [5, 5.41) is 21.4. The quantitative estimate of drug-likeness (QED) is 0.848. The van der Waals surface area contributed by atoms with Crippen LogP contribution in [0.2, 0.25) is 0 Å². The van der Waals surface area contributed by atoms with E-state index in [1.165, 1.54) is 0 Å². The summed E-state index contributed by atoms with van der Waals surface area (Å²) in [5.41, 5.74) is 1.64. The van der Waals surface area contributed by atoms with E-state index < -0.39 is 0 Å². The molecule has 0 aromatic heterocycles. The average molecular weight is 252 g/mol. The van der Waals surface area contributed by atoms with Crippen molar-refractivity contribution in [2.24, 2.45) is 0 Å². The van der Waals surface area contributed by atoms with Gasteiger partial charge in [0, 0.05) is 11.9 Å². The van der Waals surface area contributed by atoms with Crippen molar-refractivity contribution < 1.29 is 5.11 Å². The lowest BCUT2D eigenvalue weighted by molar-refractivity contribution is 0.170. The Labute approximate surface area is 112 Å². The van der Waals surface area contributed by atoms with Crippen LogP contribution in [0.3, 0.4) is 0 Å². The largest absolute Gasteiger partial charge is 0.391 e. The number of fused-ring (bicyclic) bond motifs is 1. The van der Waals surface area contributed by atoms with Gasteiger partial charge < -0.3 is 10.0 Å². The molecular formula is C16H16N2O. The van der Waals surface area contributed by atoms with Crippen molar-refractivity contribution in [3.8, 4) is 6.07 Å². The van der Waals surface area contributed by atoms with Crippen LogP contribution in [0.15, 0.2) is 36.4 Å². The van der Waals surface area contributed by atoms with E-state index >= 15 is 0 Å². The van der Waals surface area contributed by atoms with Crippen molar-refractivity contribution in [3.63, 3.8) is 0 Å². The molecule has 0 radical (unpaired) electrons. The molecule has 0 spiro atoms. The third-order valence-corrected chi connectivity index (χ3v) is 4.04. The highest BCUT2D eigenvalue weighted by molar-refractivity contribution is 5.93. The standard InChI is InChI=1S/C16H16N2O/c1-11-16(19)8-9-18(11)15-7-6-12-4-2-3-5-13(12)14(15)10-17/h2-7,11,16,19H,8-9H2,1H3/t11-,16-/m0/s1. The van der Waals surface area contributed by atoms with Gasteiger partial charge in [-0.05, 0) is 24.8 Å². The SMILES string of the molecule is C[C@H]1[C@@H](O)CCN1c1ccc2ccccc2c1C#N. The number of benzene rings is 2. The number of aliphatic hydroxyl groups excluding tert-OH is 1. The Morgan fingerprint density at radius 2 is 2.05 bits per heavy atom. The van der Waals surface area contributed by atoms with Gasteiger partial charge in [0.1, 0.15) is 6.07 Å². The summed E-state index contributed by atoms with van der Waals surface area (Å²) < 4.78 is 0. The second-order valence-corrected chi connectivity index (χ2v) is 5.08. The molecule has 1 saturated heterocycles. The molecule has 1 aliphatic rings. The highest BCUT2D eigenvalue weighted by Gasteiger charge is 2.30. The third-order valence-electron chi connectivity index (χ3n) is 4.04. The fourth-order valence-corrected chi connectivity index (χ4v) is 2.88. The molecule has 2 aromatic carbocycles. The lowest BCUT2D eigenvalue weighted by Gasteiger charge is -2.26. The molecule has 1 fully saturated rings. The van der Waals surface area contributed by atoms with Crippen molar-refractivity contribution in [1.29, 1.82) is 5.26 Å². The Hall–Kier alpha value is -2.05. The lowest BCUT2D eigenvalue weighted by atomic mass is 10.0. The second kappa shape index (κ2) is 4.56. The van der Waals surface area contributed by atoms with Gasteiger partial charge in [0.2, 0.25) is 0 Å². The van der Waals surface area contributed by atoms with Crippen molar-refractivity contribution in [2.75, 3.05) is 11.4 Å². The summed E-state index contributed by atoms with van der Waals surface area (Å²) in [6.45, 7) is 2.81. The number of rotatable bonds is 1. The first-order valence-electron chi connectivity index (χ1n) is 6.59. The van der Waals surface area contributed by atoms with Gasteiger partial charge in [-0.15, -0.1) is 0 Å². The van der Waals surface area contributed by atoms with Gasteiger partial charge in [-0.25, -0.2) is 0 Å². The summed E-state index contributed by atoms with van der Waals surface area (Å²) in [4.78, 5) is 2.13. The van der Waals surface area contributed by atoms with Gasteiger partial charge in [0.05, 0.1) is 23.4 Å². The normalized spacial score (nSPS) is 22.7. The molecule has 0 unspecified atom stereocenters. The molecule has 3 rings (SSSR count). The molecule has 1 aliphatic heterocycles. The highest BCUT2D eigenvalue weighted by atomic mass is 16.3. The molecule has 19 heavy (non-hydrogen) atoms. The minimum Gasteiger partial charge on any atom is -0.391 e. The summed E-state index contributed by atoms with van der Waals surface area (Å²) in [5.74, 6) is 0. The Morgan fingerprint density at radius 3 is 2.74 bits per heavy atom. The van der Waals surface area contributed by atoms with Gasteiger partial charge in [-0.1, -0.05) is 30.3 Å². The van der Waals surface area contributed by atoms with Crippen LogP contribution in [0.4, 0.5) is 5.69 Å². The first kappa shape index (κ1) is 12.0. The molecule has 1 N–H and O–H groups in total. The molecular weight excluding hydrogens is 236 g/mol. The van der Waals surface area contributed by atoms with Gasteiger partial charge in [-0.3, -0.25) is 0 Å². The van der Waals surface area contributed by atoms with Crippen LogP contribution < -0.4 is 4.90 Å². The molecule has 3 heteroatoms. The summed E-state index contributed by atoms with van der Waals surface area (Å²) >= 11 is 0. The van der Waals surface area contributed by atoms with Gasteiger partial charge in [0.15, 0.2) is 0 Å². The maximum atomic E-state index is 9.88. The van der Waals surface area contributed by atoms with Gasteiger partial charge in [0.25, 0.3) is 0 Å². The number of anilines is 1. The molecule has 1 heterocycles. The van der Waals surface area contributed by atoms with E-state index in [0.717, 1.165) is 29.4 Å². The zero-order valence-electron chi connectivity index (χ0n) is 10.9. The molecule has 2 aromatic rings. The molecule has 0 saturated carbocycles. The molecule has 0 aliphatic carbocycles. The maximum Gasteiger partial charge on any atom is 0.102 e. The van der Waals surface area contributed by atoms with Crippen molar-refractivity contribution in [1.82, 2.24) is 0 Å². The highest BCUT2D eigenvalue weighted by Crippen LogP contribution is 2.32. The predicted octanol–water partition coefficient (Wildman–Crippen LogP) is 2.67. The van der Waals surface area contributed by atoms with Crippen molar-refractivity contribution in [2.45, 2.75) is 25.5 Å². The Bertz CT molecular complexity index is 659. The van der Waals surface area contributed by atoms with E-state index in [1.807, 2.05) is 43.3 Å². The number of hydrogen-bond donors (Lipinski definition) is 1. The van der Waals surface area contributed by atoms with E-state index in [0.29, 0.717) is 5.56 Å². The van der Waals surface area contributed by atoms with Gasteiger partial charge in [-0.2, -0.15) is 5.26 Å². The minimum absolute atomic E-state index is 0.0632. The van der Waals surface area contributed by atoms with Crippen molar-refractivity contribution >= 4 is 16.5 Å². The molecule has 0 amide bonds. The fraction of sp³-hybridized carbons (Fsp3) is 0.312. The van der Waals surface area contributed by atoms with E-state index in [4.69, 9.17) is 0 Å². The van der Waals surface area contributed by atoms with Crippen LogP contribution in [0.1, 0.15) is 18.9 Å². The van der Waals surface area contributed by atoms with Crippen LogP contribution in [0, 0.1) is 11.3 Å². The zero-order valence-corrected chi connectivity index (χ0v) is 10.9. The second-order valence-electron chi connectivity index (χ2n) is 5.08. The third kappa shape index (κ3) is 1.85. The Kier molecular flexibility index (Phi) is 2.88.